The third-order valence-corrected chi connectivity index (χ3v) is 3.97. The fraction of sp³-hybridized carbons (Fsp3) is 0.429. The molecule has 0 fully saturated rings. The van der Waals surface area contributed by atoms with Gasteiger partial charge in [0.2, 0.25) is 11.8 Å². The van der Waals surface area contributed by atoms with Crippen LogP contribution < -0.4 is 16.4 Å². The Hall–Kier alpha value is -1.53. The van der Waals surface area contributed by atoms with Crippen molar-refractivity contribution in [2.45, 2.75) is 37.1 Å². The van der Waals surface area contributed by atoms with Gasteiger partial charge in [-0.25, -0.2) is 0 Å². The highest BCUT2D eigenvalue weighted by Gasteiger charge is 2.17. The minimum absolute atomic E-state index is 0.0177. The van der Waals surface area contributed by atoms with Crippen molar-refractivity contribution in [1.29, 1.82) is 0 Å². The summed E-state index contributed by atoms with van der Waals surface area (Å²) in [6, 6.07) is 5.53. The number of fused-ring (bicyclic) bond motifs is 1. The van der Waals surface area contributed by atoms with Gasteiger partial charge in [-0.05, 0) is 38.5 Å². The molecule has 2 amide bonds. The third kappa shape index (κ3) is 4.25. The SMILES string of the molecule is CC(C)(N)CCC(=O)Nc1ccc2c(c1)NC(=O)CS2. The Morgan fingerprint density at radius 3 is 2.95 bits per heavy atom. The van der Waals surface area contributed by atoms with E-state index in [4.69, 9.17) is 5.73 Å². The molecule has 1 aromatic rings. The van der Waals surface area contributed by atoms with Crippen LogP contribution in [-0.4, -0.2) is 23.1 Å². The maximum absolute atomic E-state index is 11.8. The van der Waals surface area contributed by atoms with Crippen LogP contribution in [0.4, 0.5) is 11.4 Å². The van der Waals surface area contributed by atoms with Crippen LogP contribution >= 0.6 is 11.8 Å². The summed E-state index contributed by atoms with van der Waals surface area (Å²) in [4.78, 5) is 24.2. The van der Waals surface area contributed by atoms with Crippen molar-refractivity contribution in [2.24, 2.45) is 5.73 Å². The molecule has 0 spiro atoms. The number of thioether (sulfide) groups is 1. The number of nitrogens with one attached hydrogen (secondary N) is 2. The first kappa shape index (κ1) is 14.9. The van der Waals surface area contributed by atoms with E-state index in [1.165, 1.54) is 11.8 Å². The van der Waals surface area contributed by atoms with E-state index in [1.807, 2.05) is 26.0 Å². The van der Waals surface area contributed by atoms with E-state index in [1.54, 1.807) is 6.07 Å². The fourth-order valence-corrected chi connectivity index (χ4v) is 2.61. The second-order valence-corrected chi connectivity index (χ2v) is 6.60. The maximum Gasteiger partial charge on any atom is 0.234 e. The van der Waals surface area contributed by atoms with Crippen LogP contribution in [0.2, 0.25) is 0 Å². The van der Waals surface area contributed by atoms with Crippen molar-refractivity contribution in [2.75, 3.05) is 16.4 Å². The van der Waals surface area contributed by atoms with Crippen molar-refractivity contribution < 1.29 is 9.59 Å². The van der Waals surface area contributed by atoms with Gasteiger partial charge in [-0.2, -0.15) is 0 Å². The molecule has 2 rings (SSSR count). The molecule has 1 aromatic carbocycles. The number of nitrogens with two attached hydrogens (primary N) is 1. The molecule has 0 aliphatic carbocycles. The molecule has 0 unspecified atom stereocenters. The van der Waals surface area contributed by atoms with E-state index in [0.29, 0.717) is 24.3 Å². The first-order valence-electron chi connectivity index (χ1n) is 6.49. The van der Waals surface area contributed by atoms with Crippen molar-refractivity contribution in [3.63, 3.8) is 0 Å². The maximum atomic E-state index is 11.8. The molecule has 1 aliphatic rings. The summed E-state index contributed by atoms with van der Waals surface area (Å²) in [6.07, 6.45) is 0.998. The van der Waals surface area contributed by atoms with E-state index in [0.717, 1.165) is 10.6 Å². The van der Waals surface area contributed by atoms with Crippen LogP contribution in [0, 0.1) is 0 Å². The number of amides is 2. The minimum Gasteiger partial charge on any atom is -0.326 e. The van der Waals surface area contributed by atoms with Gasteiger partial charge in [-0.15, -0.1) is 11.8 Å². The summed E-state index contributed by atoms with van der Waals surface area (Å²) in [5.74, 6) is 0.346. The lowest BCUT2D eigenvalue weighted by Gasteiger charge is -2.19. The zero-order valence-electron chi connectivity index (χ0n) is 11.7. The average molecular weight is 293 g/mol. The number of carbonyl (C=O) groups excluding carboxylic acids is 2. The number of benzene rings is 1. The fourth-order valence-electron chi connectivity index (χ4n) is 1.82. The van der Waals surface area contributed by atoms with Crippen molar-refractivity contribution in [3.8, 4) is 0 Å². The van der Waals surface area contributed by atoms with Crippen LogP contribution in [0.25, 0.3) is 0 Å². The van der Waals surface area contributed by atoms with E-state index in [9.17, 15) is 9.59 Å². The summed E-state index contributed by atoms with van der Waals surface area (Å²) in [6.45, 7) is 3.79. The number of rotatable bonds is 4. The number of hydrogen-bond donors (Lipinski definition) is 3. The van der Waals surface area contributed by atoms with Gasteiger partial charge in [0, 0.05) is 22.5 Å². The van der Waals surface area contributed by atoms with Crippen LogP contribution in [0.3, 0.4) is 0 Å². The van der Waals surface area contributed by atoms with Crippen molar-refractivity contribution >= 4 is 35.0 Å². The predicted molar refractivity (Wildman–Crippen MR) is 81.9 cm³/mol. The predicted octanol–water partition coefficient (Wildman–Crippen LogP) is 2.19. The molecule has 0 bridgehead atoms. The van der Waals surface area contributed by atoms with E-state index in [-0.39, 0.29) is 17.4 Å². The molecule has 4 N–H and O–H groups in total. The molecule has 20 heavy (non-hydrogen) atoms. The lowest BCUT2D eigenvalue weighted by atomic mass is 10.00. The summed E-state index contributed by atoms with van der Waals surface area (Å²) >= 11 is 1.50. The van der Waals surface area contributed by atoms with Gasteiger partial charge in [0.25, 0.3) is 0 Å². The first-order chi connectivity index (χ1) is 9.33. The van der Waals surface area contributed by atoms with E-state index >= 15 is 0 Å². The molecule has 0 saturated heterocycles. The Balaban J connectivity index is 1.98. The van der Waals surface area contributed by atoms with Gasteiger partial charge >= 0.3 is 0 Å². The molecule has 0 aromatic heterocycles. The smallest absolute Gasteiger partial charge is 0.234 e. The molecule has 6 heteroatoms. The first-order valence-corrected chi connectivity index (χ1v) is 7.47. The molecule has 0 saturated carbocycles. The minimum atomic E-state index is -0.349. The Kier molecular flexibility index (Phi) is 4.35. The van der Waals surface area contributed by atoms with Crippen LogP contribution in [0.15, 0.2) is 23.1 Å². The second kappa shape index (κ2) is 5.85. The molecule has 1 aliphatic heterocycles. The summed E-state index contributed by atoms with van der Waals surface area (Å²) in [5, 5.41) is 5.62. The Morgan fingerprint density at radius 1 is 1.50 bits per heavy atom. The van der Waals surface area contributed by atoms with Gasteiger partial charge in [-0.3, -0.25) is 9.59 Å². The second-order valence-electron chi connectivity index (χ2n) is 5.58. The molecule has 0 atom stereocenters. The lowest BCUT2D eigenvalue weighted by Crippen LogP contribution is -2.33. The summed E-state index contributed by atoms with van der Waals surface area (Å²) in [5.41, 5.74) is 6.94. The van der Waals surface area contributed by atoms with Gasteiger partial charge in [0.15, 0.2) is 0 Å². The molecule has 1 heterocycles. The van der Waals surface area contributed by atoms with Crippen LogP contribution in [-0.2, 0) is 9.59 Å². The van der Waals surface area contributed by atoms with Gasteiger partial charge in [0.1, 0.15) is 0 Å². The largest absolute Gasteiger partial charge is 0.326 e. The van der Waals surface area contributed by atoms with E-state index in [2.05, 4.69) is 10.6 Å². The zero-order chi connectivity index (χ0) is 14.8. The van der Waals surface area contributed by atoms with E-state index < -0.39 is 0 Å². The average Bonchev–Trinajstić information content (AvgIpc) is 2.35. The number of anilines is 2. The Bertz CT molecular complexity index is 538. The molecule has 0 radical (unpaired) electrons. The highest BCUT2D eigenvalue weighted by Crippen LogP contribution is 2.33. The van der Waals surface area contributed by atoms with Crippen molar-refractivity contribution in [3.05, 3.63) is 18.2 Å². The Labute approximate surface area is 122 Å². The summed E-state index contributed by atoms with van der Waals surface area (Å²) < 4.78 is 0. The number of carbonyl (C=O) groups is 2. The number of hydrogen-bond acceptors (Lipinski definition) is 4. The quantitative estimate of drug-likeness (QED) is 0.794. The lowest BCUT2D eigenvalue weighted by molar-refractivity contribution is -0.116. The summed E-state index contributed by atoms with van der Waals surface area (Å²) in [7, 11) is 0. The topological polar surface area (TPSA) is 84.2 Å². The molecular weight excluding hydrogens is 274 g/mol. The zero-order valence-corrected chi connectivity index (χ0v) is 12.5. The molecular formula is C14H19N3O2S. The monoisotopic (exact) mass is 293 g/mol. The van der Waals surface area contributed by atoms with Crippen LogP contribution in [0.5, 0.6) is 0 Å². The molecule has 108 valence electrons. The molecule has 5 nitrogen and oxygen atoms in total. The van der Waals surface area contributed by atoms with Crippen molar-refractivity contribution in [1.82, 2.24) is 0 Å². The normalized spacial score (nSPS) is 14.4. The third-order valence-electron chi connectivity index (χ3n) is 2.89. The van der Waals surface area contributed by atoms with Gasteiger partial charge < -0.3 is 16.4 Å². The Morgan fingerprint density at radius 2 is 2.25 bits per heavy atom. The van der Waals surface area contributed by atoms with Gasteiger partial charge in [-0.1, -0.05) is 0 Å². The highest BCUT2D eigenvalue weighted by molar-refractivity contribution is 8.00. The van der Waals surface area contributed by atoms with Crippen LogP contribution in [0.1, 0.15) is 26.7 Å². The highest BCUT2D eigenvalue weighted by atomic mass is 32.2. The van der Waals surface area contributed by atoms with Gasteiger partial charge in [0.05, 0.1) is 11.4 Å². The standard InChI is InChI=1S/C14H19N3O2S/c1-14(2,15)6-5-12(18)16-9-3-4-11-10(7-9)17-13(19)8-20-11/h3-4,7H,5-6,8,15H2,1-2H3,(H,16,18)(H,17,19).